The number of benzene rings is 1. The van der Waals surface area contributed by atoms with Crippen molar-refractivity contribution in [2.45, 2.75) is 38.1 Å². The van der Waals surface area contributed by atoms with Crippen LogP contribution in [0.1, 0.15) is 42.7 Å². The molecule has 1 heterocycles. The lowest BCUT2D eigenvalue weighted by molar-refractivity contribution is -0.122. The Bertz CT molecular complexity index is 448. The van der Waals surface area contributed by atoms with Crippen LogP contribution in [0.3, 0.4) is 0 Å². The molecule has 0 unspecified atom stereocenters. The highest BCUT2D eigenvalue weighted by atomic mass is 16.2. The van der Waals surface area contributed by atoms with Crippen LogP contribution in [0.25, 0.3) is 0 Å². The second-order valence-corrected chi connectivity index (χ2v) is 5.76. The van der Waals surface area contributed by atoms with Crippen LogP contribution in [0.5, 0.6) is 0 Å². The maximum atomic E-state index is 11.6. The average molecular weight is 258 g/mol. The van der Waals surface area contributed by atoms with Crippen molar-refractivity contribution in [2.24, 2.45) is 5.92 Å². The highest BCUT2D eigenvalue weighted by Crippen LogP contribution is 2.29. The molecule has 1 saturated carbocycles. The van der Waals surface area contributed by atoms with Crippen LogP contribution < -0.4 is 10.6 Å². The van der Waals surface area contributed by atoms with Crippen molar-refractivity contribution >= 4 is 5.91 Å². The van der Waals surface area contributed by atoms with Crippen LogP contribution in [0.2, 0.25) is 0 Å². The van der Waals surface area contributed by atoms with Gasteiger partial charge in [-0.05, 0) is 55.8 Å². The Hall–Kier alpha value is -1.35. The minimum Gasteiger partial charge on any atom is -0.352 e. The van der Waals surface area contributed by atoms with Crippen molar-refractivity contribution in [3.8, 4) is 0 Å². The van der Waals surface area contributed by atoms with Crippen molar-refractivity contribution < 1.29 is 4.79 Å². The summed E-state index contributed by atoms with van der Waals surface area (Å²) in [5.74, 6) is 1.21. The number of hydrogen-bond acceptors (Lipinski definition) is 2. The fraction of sp³-hybridized carbons (Fsp3) is 0.562. The van der Waals surface area contributed by atoms with Gasteiger partial charge in [0.2, 0.25) is 5.91 Å². The summed E-state index contributed by atoms with van der Waals surface area (Å²) in [5, 5.41) is 6.44. The zero-order valence-electron chi connectivity index (χ0n) is 11.3. The molecule has 0 spiro atoms. The third-order valence-electron chi connectivity index (χ3n) is 4.18. The highest BCUT2D eigenvalue weighted by Gasteiger charge is 2.29. The molecule has 2 aliphatic rings. The Balaban J connectivity index is 1.60. The summed E-state index contributed by atoms with van der Waals surface area (Å²) in [5.41, 5.74) is 2.66. The normalized spacial score (nSPS) is 20.2. The quantitative estimate of drug-likeness (QED) is 0.869. The predicted molar refractivity (Wildman–Crippen MR) is 75.9 cm³/mol. The molecule has 3 nitrogen and oxygen atoms in total. The maximum absolute atomic E-state index is 11.6. The van der Waals surface area contributed by atoms with E-state index < -0.39 is 0 Å². The number of rotatable bonds is 4. The molecule has 2 fully saturated rings. The number of piperidine rings is 1. The summed E-state index contributed by atoms with van der Waals surface area (Å²) >= 11 is 0. The second kappa shape index (κ2) is 5.74. The summed E-state index contributed by atoms with van der Waals surface area (Å²) in [6, 6.07) is 8.72. The van der Waals surface area contributed by atoms with Crippen molar-refractivity contribution in [1.29, 1.82) is 0 Å². The van der Waals surface area contributed by atoms with Crippen LogP contribution in [0.15, 0.2) is 24.3 Å². The standard InChI is InChI=1S/C16H22N2O/c19-16(14-4-5-14)18-11-12-2-1-3-15(10-12)13-6-8-17-9-7-13/h1-3,10,13-14,17H,4-9,11H2,(H,18,19). The van der Waals surface area contributed by atoms with Crippen LogP contribution in [0, 0.1) is 5.92 Å². The molecule has 1 aromatic rings. The van der Waals surface area contributed by atoms with Gasteiger partial charge in [-0.2, -0.15) is 0 Å². The molecule has 1 amide bonds. The van der Waals surface area contributed by atoms with Gasteiger partial charge in [0.05, 0.1) is 0 Å². The van der Waals surface area contributed by atoms with Crippen LogP contribution in [-0.4, -0.2) is 19.0 Å². The molecule has 3 rings (SSSR count). The van der Waals surface area contributed by atoms with E-state index in [1.165, 1.54) is 24.0 Å². The van der Waals surface area contributed by atoms with Crippen molar-refractivity contribution in [1.82, 2.24) is 10.6 Å². The van der Waals surface area contributed by atoms with Crippen LogP contribution in [-0.2, 0) is 11.3 Å². The average Bonchev–Trinajstić information content (AvgIpc) is 3.31. The lowest BCUT2D eigenvalue weighted by Gasteiger charge is -2.23. The second-order valence-electron chi connectivity index (χ2n) is 5.76. The highest BCUT2D eigenvalue weighted by molar-refractivity contribution is 5.80. The van der Waals surface area contributed by atoms with Gasteiger partial charge in [0.15, 0.2) is 0 Å². The molecule has 19 heavy (non-hydrogen) atoms. The minimum atomic E-state index is 0.229. The topological polar surface area (TPSA) is 41.1 Å². The third-order valence-corrected chi connectivity index (χ3v) is 4.18. The first-order valence-corrected chi connectivity index (χ1v) is 7.40. The van der Waals surface area contributed by atoms with Crippen molar-refractivity contribution in [3.63, 3.8) is 0 Å². The van der Waals surface area contributed by atoms with Gasteiger partial charge in [-0.3, -0.25) is 4.79 Å². The molecule has 102 valence electrons. The van der Waals surface area contributed by atoms with Gasteiger partial charge in [-0.25, -0.2) is 0 Å². The molecular weight excluding hydrogens is 236 g/mol. The van der Waals surface area contributed by atoms with Crippen LogP contribution >= 0.6 is 0 Å². The molecule has 0 atom stereocenters. The van der Waals surface area contributed by atoms with Crippen LogP contribution in [0.4, 0.5) is 0 Å². The molecule has 0 bridgehead atoms. The monoisotopic (exact) mass is 258 g/mol. The molecule has 1 aliphatic carbocycles. The van der Waals surface area contributed by atoms with E-state index in [0.29, 0.717) is 18.4 Å². The number of carbonyl (C=O) groups is 1. The number of carbonyl (C=O) groups excluding carboxylic acids is 1. The molecule has 1 saturated heterocycles. The SMILES string of the molecule is O=C(NCc1cccc(C2CCNCC2)c1)C1CC1. The number of hydrogen-bond donors (Lipinski definition) is 2. The van der Waals surface area contributed by atoms with E-state index in [1.54, 1.807) is 0 Å². The smallest absolute Gasteiger partial charge is 0.223 e. The summed E-state index contributed by atoms with van der Waals surface area (Å²) < 4.78 is 0. The van der Waals surface area contributed by atoms with E-state index in [-0.39, 0.29) is 5.91 Å². The predicted octanol–water partition coefficient (Wildman–Crippen LogP) is 2.18. The lowest BCUT2D eigenvalue weighted by Crippen LogP contribution is -2.27. The Morgan fingerprint density at radius 3 is 2.74 bits per heavy atom. The third kappa shape index (κ3) is 3.35. The molecule has 2 N–H and O–H groups in total. The van der Waals surface area contributed by atoms with Gasteiger partial charge in [0.1, 0.15) is 0 Å². The molecule has 0 radical (unpaired) electrons. The van der Waals surface area contributed by atoms with Crippen molar-refractivity contribution in [2.75, 3.05) is 13.1 Å². The van der Waals surface area contributed by atoms with Gasteiger partial charge in [0.25, 0.3) is 0 Å². The number of amides is 1. The van der Waals surface area contributed by atoms with E-state index in [2.05, 4.69) is 34.9 Å². The van der Waals surface area contributed by atoms with E-state index in [0.717, 1.165) is 25.9 Å². The largest absolute Gasteiger partial charge is 0.352 e. The Morgan fingerprint density at radius 1 is 1.21 bits per heavy atom. The van der Waals surface area contributed by atoms with Gasteiger partial charge in [0, 0.05) is 12.5 Å². The lowest BCUT2D eigenvalue weighted by atomic mass is 9.89. The van der Waals surface area contributed by atoms with Gasteiger partial charge in [-0.15, -0.1) is 0 Å². The Labute approximate surface area is 114 Å². The van der Waals surface area contributed by atoms with E-state index in [4.69, 9.17) is 0 Å². The first-order valence-electron chi connectivity index (χ1n) is 7.40. The maximum Gasteiger partial charge on any atom is 0.223 e. The summed E-state index contributed by atoms with van der Waals surface area (Å²) in [7, 11) is 0. The van der Waals surface area contributed by atoms with E-state index in [1.807, 2.05) is 0 Å². The zero-order chi connectivity index (χ0) is 13.1. The molecule has 0 aromatic heterocycles. The molecule has 1 aliphatic heterocycles. The van der Waals surface area contributed by atoms with Crippen molar-refractivity contribution in [3.05, 3.63) is 35.4 Å². The zero-order valence-corrected chi connectivity index (χ0v) is 11.3. The first-order chi connectivity index (χ1) is 9.33. The minimum absolute atomic E-state index is 0.229. The van der Waals surface area contributed by atoms with Gasteiger partial charge in [-0.1, -0.05) is 24.3 Å². The van der Waals surface area contributed by atoms with Gasteiger partial charge >= 0.3 is 0 Å². The fourth-order valence-corrected chi connectivity index (χ4v) is 2.79. The summed E-state index contributed by atoms with van der Waals surface area (Å²) in [6.07, 6.45) is 4.58. The van der Waals surface area contributed by atoms with E-state index in [9.17, 15) is 4.79 Å². The fourth-order valence-electron chi connectivity index (χ4n) is 2.79. The van der Waals surface area contributed by atoms with E-state index >= 15 is 0 Å². The first kappa shape index (κ1) is 12.7. The molecular formula is C16H22N2O. The summed E-state index contributed by atoms with van der Waals surface area (Å²) in [6.45, 7) is 2.91. The Morgan fingerprint density at radius 2 is 2.00 bits per heavy atom. The molecule has 1 aromatic carbocycles. The molecule has 3 heteroatoms. The van der Waals surface area contributed by atoms with Gasteiger partial charge < -0.3 is 10.6 Å². The number of nitrogens with one attached hydrogen (secondary N) is 2. The summed E-state index contributed by atoms with van der Waals surface area (Å²) in [4.78, 5) is 11.6. The Kier molecular flexibility index (Phi) is 3.83.